The summed E-state index contributed by atoms with van der Waals surface area (Å²) in [4.78, 5) is 45.7. The minimum Gasteiger partial charge on any atom is -0.454 e. The van der Waals surface area contributed by atoms with Crippen LogP contribution in [0.25, 0.3) is 11.5 Å². The Labute approximate surface area is 177 Å². The van der Waals surface area contributed by atoms with Crippen LogP contribution < -0.4 is 11.1 Å². The number of carbonyl (C=O) groups is 2. The molecule has 0 radical (unpaired) electrons. The van der Waals surface area contributed by atoms with Gasteiger partial charge in [-0.3, -0.25) is 19.7 Å². The predicted molar refractivity (Wildman–Crippen MR) is 104 cm³/mol. The van der Waals surface area contributed by atoms with Crippen LogP contribution in [0.4, 0.5) is 15.8 Å². The van der Waals surface area contributed by atoms with E-state index in [-0.39, 0.29) is 22.3 Å². The summed E-state index contributed by atoms with van der Waals surface area (Å²) in [5.74, 6) is -3.27. The van der Waals surface area contributed by atoms with Gasteiger partial charge in [-0.2, -0.15) is 4.68 Å². The summed E-state index contributed by atoms with van der Waals surface area (Å²) in [6.45, 7) is -1.33. The van der Waals surface area contributed by atoms with Gasteiger partial charge in [-0.25, -0.2) is 9.18 Å². The average molecular weight is 451 g/mol. The molecule has 160 valence electrons. The fourth-order valence-corrected chi connectivity index (χ4v) is 2.56. The van der Waals surface area contributed by atoms with Crippen molar-refractivity contribution in [2.75, 3.05) is 11.9 Å². The van der Waals surface area contributed by atoms with Crippen molar-refractivity contribution in [3.05, 3.63) is 74.0 Å². The number of hydrogen-bond acceptors (Lipinski definition) is 8. The Morgan fingerprint density at radius 1 is 1.26 bits per heavy atom. The van der Waals surface area contributed by atoms with Crippen molar-refractivity contribution >= 4 is 34.9 Å². The molecule has 0 aliphatic carbocycles. The highest BCUT2D eigenvalue weighted by Crippen LogP contribution is 2.26. The molecule has 1 amide bonds. The van der Waals surface area contributed by atoms with E-state index >= 15 is 0 Å². The molecule has 0 aliphatic heterocycles. The van der Waals surface area contributed by atoms with Gasteiger partial charge in [-0.15, -0.1) is 5.10 Å². The summed E-state index contributed by atoms with van der Waals surface area (Å²) in [6.07, 6.45) is 0. The number of nitrogens with one attached hydrogen (secondary N) is 1. The summed E-state index contributed by atoms with van der Waals surface area (Å²) in [7, 11) is 0. The summed E-state index contributed by atoms with van der Waals surface area (Å²) >= 11 is 5.86. The first kappa shape index (κ1) is 21.6. The number of amides is 1. The number of rotatable bonds is 7. The Balaban J connectivity index is 1.55. The van der Waals surface area contributed by atoms with E-state index in [1.807, 2.05) is 0 Å². The summed E-state index contributed by atoms with van der Waals surface area (Å²) in [6, 6.07) is 8.42. The molecule has 1 heterocycles. The Bertz CT molecular complexity index is 1210. The van der Waals surface area contributed by atoms with Crippen LogP contribution in [0.2, 0.25) is 5.02 Å². The van der Waals surface area contributed by atoms with E-state index in [4.69, 9.17) is 20.8 Å². The number of halogens is 2. The first-order valence-corrected chi connectivity index (χ1v) is 8.84. The Kier molecular flexibility index (Phi) is 6.40. The van der Waals surface area contributed by atoms with Crippen molar-refractivity contribution in [2.45, 2.75) is 6.54 Å². The van der Waals surface area contributed by atoms with Gasteiger partial charge in [0.05, 0.1) is 15.6 Å². The van der Waals surface area contributed by atoms with Crippen LogP contribution >= 0.6 is 11.6 Å². The molecule has 0 saturated carbocycles. The topological polar surface area (TPSA) is 147 Å². The second kappa shape index (κ2) is 9.17. The van der Waals surface area contributed by atoms with Crippen LogP contribution in [0.3, 0.4) is 0 Å². The SMILES string of the molecule is O=C(COC(=O)Cn1nc(-c2ccc(F)cc2)oc1=O)Nc1ccc([N+](=O)[O-])cc1Cl. The third-order valence-electron chi connectivity index (χ3n) is 3.78. The second-order valence-corrected chi connectivity index (χ2v) is 6.37. The third-order valence-corrected chi connectivity index (χ3v) is 4.09. The highest BCUT2D eigenvalue weighted by atomic mass is 35.5. The van der Waals surface area contributed by atoms with Crippen molar-refractivity contribution in [1.82, 2.24) is 9.78 Å². The maximum atomic E-state index is 13.0. The largest absolute Gasteiger partial charge is 0.454 e. The molecular formula is C18H12ClFN4O7. The first-order valence-electron chi connectivity index (χ1n) is 8.46. The van der Waals surface area contributed by atoms with E-state index in [2.05, 4.69) is 10.4 Å². The molecule has 0 atom stereocenters. The zero-order chi connectivity index (χ0) is 22.5. The van der Waals surface area contributed by atoms with Crippen LogP contribution in [0.5, 0.6) is 0 Å². The number of hydrogen-bond donors (Lipinski definition) is 1. The van der Waals surface area contributed by atoms with Gasteiger partial charge in [-0.05, 0) is 30.3 Å². The number of nitro groups is 1. The average Bonchev–Trinajstić information content (AvgIpc) is 3.08. The molecule has 0 saturated heterocycles. The summed E-state index contributed by atoms with van der Waals surface area (Å²) in [5.41, 5.74) is 0.155. The van der Waals surface area contributed by atoms with E-state index in [1.54, 1.807) is 0 Å². The van der Waals surface area contributed by atoms with Crippen LogP contribution in [0.15, 0.2) is 51.7 Å². The van der Waals surface area contributed by atoms with Crippen molar-refractivity contribution in [3.8, 4) is 11.5 Å². The fraction of sp³-hybridized carbons (Fsp3) is 0.111. The van der Waals surface area contributed by atoms with Gasteiger partial charge in [-0.1, -0.05) is 11.6 Å². The van der Waals surface area contributed by atoms with Gasteiger partial charge in [0, 0.05) is 17.7 Å². The Morgan fingerprint density at radius 2 is 1.97 bits per heavy atom. The number of non-ortho nitro benzene ring substituents is 1. The molecule has 3 rings (SSSR count). The van der Waals surface area contributed by atoms with Crippen molar-refractivity contribution in [2.24, 2.45) is 0 Å². The van der Waals surface area contributed by atoms with Gasteiger partial charge >= 0.3 is 11.7 Å². The van der Waals surface area contributed by atoms with Gasteiger partial charge < -0.3 is 14.5 Å². The summed E-state index contributed by atoms with van der Waals surface area (Å²) < 4.78 is 23.3. The fourth-order valence-electron chi connectivity index (χ4n) is 2.33. The number of nitro benzene ring substituents is 1. The lowest BCUT2D eigenvalue weighted by atomic mass is 10.2. The van der Waals surface area contributed by atoms with Crippen molar-refractivity contribution < 1.29 is 28.1 Å². The number of benzene rings is 2. The minimum atomic E-state index is -0.953. The smallest absolute Gasteiger partial charge is 0.437 e. The molecule has 0 bridgehead atoms. The molecule has 1 aromatic heterocycles. The number of aromatic nitrogens is 2. The Morgan fingerprint density at radius 3 is 2.61 bits per heavy atom. The minimum absolute atomic E-state index is 0.0728. The highest BCUT2D eigenvalue weighted by Gasteiger charge is 2.16. The molecule has 3 aromatic rings. The van der Waals surface area contributed by atoms with E-state index in [0.717, 1.165) is 24.3 Å². The molecule has 0 aliphatic rings. The number of nitrogens with zero attached hydrogens (tertiary/aromatic N) is 3. The zero-order valence-electron chi connectivity index (χ0n) is 15.4. The third kappa shape index (κ3) is 5.51. The zero-order valence-corrected chi connectivity index (χ0v) is 16.2. The van der Waals surface area contributed by atoms with E-state index < -0.39 is 41.5 Å². The predicted octanol–water partition coefficient (Wildman–Crippen LogP) is 2.39. The van der Waals surface area contributed by atoms with Crippen molar-refractivity contribution in [3.63, 3.8) is 0 Å². The lowest BCUT2D eigenvalue weighted by molar-refractivity contribution is -0.384. The maximum absolute atomic E-state index is 13.0. The molecular weight excluding hydrogens is 439 g/mol. The molecule has 11 nitrogen and oxygen atoms in total. The maximum Gasteiger partial charge on any atom is 0.437 e. The van der Waals surface area contributed by atoms with Gasteiger partial charge in [0.2, 0.25) is 5.89 Å². The normalized spacial score (nSPS) is 10.5. The van der Waals surface area contributed by atoms with Gasteiger partial charge in [0.15, 0.2) is 6.61 Å². The monoisotopic (exact) mass is 450 g/mol. The van der Waals surface area contributed by atoms with Crippen LogP contribution in [-0.4, -0.2) is 33.2 Å². The van der Waals surface area contributed by atoms with Crippen LogP contribution in [0.1, 0.15) is 0 Å². The first-order chi connectivity index (χ1) is 14.7. The standard InChI is InChI=1S/C18H12ClFN4O7/c19-13-7-12(24(28)29)5-6-14(13)21-15(25)9-30-16(26)8-23-18(27)31-17(22-23)10-1-3-11(20)4-2-10/h1-7H,8-9H2,(H,21,25). The molecule has 0 spiro atoms. The molecule has 0 unspecified atom stereocenters. The second-order valence-electron chi connectivity index (χ2n) is 5.97. The summed E-state index contributed by atoms with van der Waals surface area (Å²) in [5, 5.41) is 16.8. The lowest BCUT2D eigenvalue weighted by Gasteiger charge is -2.07. The number of carbonyl (C=O) groups excluding carboxylic acids is 2. The number of esters is 1. The van der Waals surface area contributed by atoms with Crippen molar-refractivity contribution in [1.29, 1.82) is 0 Å². The highest BCUT2D eigenvalue weighted by molar-refractivity contribution is 6.34. The molecule has 13 heteroatoms. The quantitative estimate of drug-likeness (QED) is 0.328. The van der Waals surface area contributed by atoms with Crippen LogP contribution in [0, 0.1) is 15.9 Å². The van der Waals surface area contributed by atoms with Gasteiger partial charge in [0.25, 0.3) is 11.6 Å². The van der Waals surface area contributed by atoms with E-state index in [1.165, 1.54) is 18.2 Å². The lowest BCUT2D eigenvalue weighted by Crippen LogP contribution is -2.26. The molecule has 31 heavy (non-hydrogen) atoms. The van der Waals surface area contributed by atoms with Crippen LogP contribution in [-0.2, 0) is 20.9 Å². The number of anilines is 1. The molecule has 1 N–H and O–H groups in total. The van der Waals surface area contributed by atoms with E-state index in [9.17, 15) is 28.9 Å². The molecule has 0 fully saturated rings. The van der Waals surface area contributed by atoms with E-state index in [0.29, 0.717) is 10.2 Å². The Hall–Kier alpha value is -4.06. The van der Waals surface area contributed by atoms with Gasteiger partial charge in [0.1, 0.15) is 12.4 Å². The molecule has 2 aromatic carbocycles. The number of ether oxygens (including phenoxy) is 1.